The quantitative estimate of drug-likeness (QED) is 0.374. The van der Waals surface area contributed by atoms with E-state index in [2.05, 4.69) is 38.7 Å². The molecule has 2 aromatic heterocycles. The highest BCUT2D eigenvalue weighted by atomic mass is 32.2. The van der Waals surface area contributed by atoms with Crippen molar-refractivity contribution in [1.82, 2.24) is 20.1 Å². The standard InChI is InChI=1S/C21H21N5OS3/c1-14(19-23-16-10-6-7-11-17(16)29-19)26(2)18(27)13-28-21-25-24-20(30-21)22-12-15-8-4-3-5-9-15/h3-11,14H,12-13H2,1-2H3,(H,22,24)/t14-/m1/s1. The number of para-hydroxylation sites is 1. The molecule has 0 aliphatic heterocycles. The number of thioether (sulfide) groups is 1. The van der Waals surface area contributed by atoms with Crippen molar-refractivity contribution in [1.29, 1.82) is 0 Å². The molecule has 1 atom stereocenters. The number of aromatic nitrogens is 3. The summed E-state index contributed by atoms with van der Waals surface area (Å²) in [4.78, 5) is 19.1. The smallest absolute Gasteiger partial charge is 0.233 e. The van der Waals surface area contributed by atoms with Crippen LogP contribution in [0.5, 0.6) is 0 Å². The van der Waals surface area contributed by atoms with Crippen LogP contribution in [-0.2, 0) is 11.3 Å². The molecule has 1 amide bonds. The van der Waals surface area contributed by atoms with E-state index in [1.54, 1.807) is 16.2 Å². The highest BCUT2D eigenvalue weighted by Crippen LogP contribution is 2.30. The Morgan fingerprint density at radius 3 is 2.67 bits per heavy atom. The SMILES string of the molecule is C[C@H](c1nc2ccccc2s1)N(C)C(=O)CSc1nnc(NCc2ccccc2)s1. The molecule has 0 saturated heterocycles. The van der Waals surface area contributed by atoms with Gasteiger partial charge in [0.15, 0.2) is 4.34 Å². The van der Waals surface area contributed by atoms with Crippen molar-refractivity contribution in [2.24, 2.45) is 0 Å². The fourth-order valence-corrected chi connectivity index (χ4v) is 5.52. The zero-order valence-electron chi connectivity index (χ0n) is 16.6. The van der Waals surface area contributed by atoms with Gasteiger partial charge in [-0.15, -0.1) is 21.5 Å². The van der Waals surface area contributed by atoms with Crippen molar-refractivity contribution in [3.8, 4) is 0 Å². The summed E-state index contributed by atoms with van der Waals surface area (Å²) in [5.74, 6) is 0.361. The highest BCUT2D eigenvalue weighted by Gasteiger charge is 2.21. The lowest BCUT2D eigenvalue weighted by molar-refractivity contribution is -0.128. The van der Waals surface area contributed by atoms with Crippen LogP contribution in [0.1, 0.15) is 23.5 Å². The maximum Gasteiger partial charge on any atom is 0.233 e. The summed E-state index contributed by atoms with van der Waals surface area (Å²) < 4.78 is 1.92. The zero-order chi connectivity index (χ0) is 20.9. The molecule has 0 saturated carbocycles. The Morgan fingerprint density at radius 2 is 1.87 bits per heavy atom. The molecule has 6 nitrogen and oxygen atoms in total. The normalized spacial score (nSPS) is 12.1. The van der Waals surface area contributed by atoms with Crippen molar-refractivity contribution >= 4 is 55.7 Å². The summed E-state index contributed by atoms with van der Waals surface area (Å²) in [6, 6.07) is 18.1. The summed E-state index contributed by atoms with van der Waals surface area (Å²) in [6.07, 6.45) is 0. The van der Waals surface area contributed by atoms with Crippen LogP contribution in [0, 0.1) is 0 Å². The van der Waals surface area contributed by atoms with Crippen LogP contribution in [0.2, 0.25) is 0 Å². The van der Waals surface area contributed by atoms with Gasteiger partial charge in [0.1, 0.15) is 5.01 Å². The molecular formula is C21H21N5OS3. The molecule has 0 bridgehead atoms. The fraction of sp³-hybridized carbons (Fsp3) is 0.238. The van der Waals surface area contributed by atoms with E-state index in [0.717, 1.165) is 24.7 Å². The summed E-state index contributed by atoms with van der Waals surface area (Å²) in [5, 5.41) is 13.3. The lowest BCUT2D eigenvalue weighted by Gasteiger charge is -2.22. The van der Waals surface area contributed by atoms with Crippen molar-refractivity contribution in [2.45, 2.75) is 23.8 Å². The topological polar surface area (TPSA) is 71.0 Å². The number of hydrogen-bond acceptors (Lipinski definition) is 8. The Labute approximate surface area is 187 Å². The molecule has 154 valence electrons. The molecule has 4 aromatic rings. The largest absolute Gasteiger partial charge is 0.356 e. The van der Waals surface area contributed by atoms with Gasteiger partial charge in [-0.1, -0.05) is 65.6 Å². The number of amides is 1. The van der Waals surface area contributed by atoms with E-state index in [9.17, 15) is 4.79 Å². The number of rotatable bonds is 8. The molecule has 0 aliphatic carbocycles. The zero-order valence-corrected chi connectivity index (χ0v) is 19.1. The van der Waals surface area contributed by atoms with Crippen LogP contribution in [-0.4, -0.2) is 38.8 Å². The van der Waals surface area contributed by atoms with Crippen molar-refractivity contribution in [3.05, 3.63) is 65.2 Å². The van der Waals surface area contributed by atoms with Gasteiger partial charge in [-0.05, 0) is 24.6 Å². The molecule has 0 unspecified atom stereocenters. The van der Waals surface area contributed by atoms with Crippen LogP contribution in [0.3, 0.4) is 0 Å². The van der Waals surface area contributed by atoms with Gasteiger partial charge in [-0.3, -0.25) is 4.79 Å². The average Bonchev–Trinajstić information content (AvgIpc) is 3.42. The minimum atomic E-state index is -0.0759. The van der Waals surface area contributed by atoms with Crippen molar-refractivity contribution in [3.63, 3.8) is 0 Å². The van der Waals surface area contributed by atoms with E-state index in [4.69, 9.17) is 0 Å². The number of carbonyl (C=O) groups is 1. The average molecular weight is 456 g/mol. The molecule has 2 heterocycles. The maximum atomic E-state index is 12.7. The van der Waals surface area contributed by atoms with E-state index >= 15 is 0 Å². The molecule has 0 radical (unpaired) electrons. The van der Waals surface area contributed by atoms with E-state index < -0.39 is 0 Å². The van der Waals surface area contributed by atoms with Gasteiger partial charge in [0.25, 0.3) is 0 Å². The van der Waals surface area contributed by atoms with Gasteiger partial charge in [0, 0.05) is 13.6 Å². The molecule has 0 aliphatic rings. The van der Waals surface area contributed by atoms with Crippen LogP contribution in [0.25, 0.3) is 10.2 Å². The number of anilines is 1. The first-order valence-electron chi connectivity index (χ1n) is 9.45. The predicted molar refractivity (Wildman–Crippen MR) is 125 cm³/mol. The fourth-order valence-electron chi connectivity index (χ4n) is 2.79. The minimum absolute atomic E-state index is 0.0424. The molecule has 9 heteroatoms. The predicted octanol–water partition coefficient (Wildman–Crippen LogP) is 5.07. The molecule has 1 N–H and O–H groups in total. The number of nitrogens with zero attached hydrogens (tertiary/aromatic N) is 4. The van der Waals surface area contributed by atoms with Crippen LogP contribution >= 0.6 is 34.4 Å². The first kappa shape index (κ1) is 20.8. The van der Waals surface area contributed by atoms with Gasteiger partial charge in [0.2, 0.25) is 11.0 Å². The summed E-state index contributed by atoms with van der Waals surface area (Å²) >= 11 is 4.51. The molecule has 2 aromatic carbocycles. The Hall–Kier alpha value is -2.49. The van der Waals surface area contributed by atoms with Gasteiger partial charge < -0.3 is 10.2 Å². The van der Waals surface area contributed by atoms with Gasteiger partial charge in [-0.25, -0.2) is 4.98 Å². The number of hydrogen-bond donors (Lipinski definition) is 1. The van der Waals surface area contributed by atoms with Crippen LogP contribution in [0.4, 0.5) is 5.13 Å². The molecule has 30 heavy (non-hydrogen) atoms. The second-order valence-corrected chi connectivity index (χ2v) is 9.96. The molecule has 4 rings (SSSR count). The minimum Gasteiger partial charge on any atom is -0.356 e. The lowest BCUT2D eigenvalue weighted by Crippen LogP contribution is -2.31. The third-order valence-electron chi connectivity index (χ3n) is 4.65. The number of carbonyl (C=O) groups excluding carboxylic acids is 1. The number of nitrogens with one attached hydrogen (secondary N) is 1. The number of benzene rings is 2. The number of thiazole rings is 1. The van der Waals surface area contributed by atoms with Gasteiger partial charge in [-0.2, -0.15) is 0 Å². The lowest BCUT2D eigenvalue weighted by atomic mass is 10.2. The third-order valence-corrected chi connectivity index (χ3v) is 7.86. The second kappa shape index (κ2) is 9.55. The highest BCUT2D eigenvalue weighted by molar-refractivity contribution is 8.01. The van der Waals surface area contributed by atoms with E-state index in [-0.39, 0.29) is 11.9 Å². The summed E-state index contributed by atoms with van der Waals surface area (Å²) in [5.41, 5.74) is 2.16. The third kappa shape index (κ3) is 4.97. The molecule has 0 spiro atoms. The van der Waals surface area contributed by atoms with Crippen molar-refractivity contribution < 1.29 is 4.79 Å². The van der Waals surface area contributed by atoms with Crippen molar-refractivity contribution in [2.75, 3.05) is 18.1 Å². The first-order chi connectivity index (χ1) is 14.6. The summed E-state index contributed by atoms with van der Waals surface area (Å²) in [7, 11) is 1.83. The molecular weight excluding hydrogens is 434 g/mol. The first-order valence-corrected chi connectivity index (χ1v) is 12.1. The Kier molecular flexibility index (Phi) is 6.61. The van der Waals surface area contributed by atoms with Gasteiger partial charge >= 0.3 is 0 Å². The summed E-state index contributed by atoms with van der Waals surface area (Å²) in [6.45, 7) is 2.71. The number of fused-ring (bicyclic) bond motifs is 1. The van der Waals surface area contributed by atoms with Crippen LogP contribution < -0.4 is 5.32 Å². The van der Waals surface area contributed by atoms with Gasteiger partial charge in [0.05, 0.1) is 22.0 Å². The van der Waals surface area contributed by atoms with E-state index in [1.165, 1.54) is 28.7 Å². The van der Waals surface area contributed by atoms with Crippen LogP contribution in [0.15, 0.2) is 58.9 Å². The second-order valence-electron chi connectivity index (χ2n) is 6.70. The Balaban J connectivity index is 1.30. The van der Waals surface area contributed by atoms with E-state index in [1.807, 2.05) is 50.4 Å². The maximum absolute atomic E-state index is 12.7. The Bertz CT molecular complexity index is 1090. The van der Waals surface area contributed by atoms with E-state index in [0.29, 0.717) is 12.3 Å². The monoisotopic (exact) mass is 455 g/mol. The molecule has 0 fully saturated rings. The Morgan fingerprint density at radius 1 is 1.10 bits per heavy atom.